The molecule has 0 atom stereocenters. The van der Waals surface area contributed by atoms with Crippen molar-refractivity contribution >= 4 is 45.2 Å². The van der Waals surface area contributed by atoms with Gasteiger partial charge in [0.15, 0.2) is 16.9 Å². The Morgan fingerprint density at radius 2 is 1.68 bits per heavy atom. The largest absolute Gasteiger partial charge is 0.493 e. The minimum absolute atomic E-state index is 0.0356. The van der Waals surface area contributed by atoms with Crippen LogP contribution < -0.4 is 25.0 Å². The zero-order valence-corrected chi connectivity index (χ0v) is 26.3. The van der Waals surface area contributed by atoms with Crippen molar-refractivity contribution in [2.24, 2.45) is 0 Å². The maximum atomic E-state index is 13.2. The highest BCUT2D eigenvalue weighted by molar-refractivity contribution is 7.98. The molecule has 5 rings (SSSR count). The van der Waals surface area contributed by atoms with Crippen LogP contribution in [0.3, 0.4) is 0 Å². The standard InChI is InChI=1S/C35H37N3O5S/c1-38(16-15-23-9-14-31(41-2)32(19-23)42-3)17-18-43-26-12-10-25(11-13-26)36-33(39)21-24-20-27(44-4)22-29-34(24)37-30-8-6-5-7-28(30)35(29)40/h5-14,19-20,22H,15-18,21H2,1-4H3,(H,36,39)(H,37,40). The second-order valence-electron chi connectivity index (χ2n) is 10.5. The zero-order valence-electron chi connectivity index (χ0n) is 25.4. The van der Waals surface area contributed by atoms with Crippen molar-refractivity contribution < 1.29 is 19.0 Å². The van der Waals surface area contributed by atoms with Crippen LogP contribution in [0.15, 0.2) is 88.6 Å². The van der Waals surface area contributed by atoms with Gasteiger partial charge in [0.2, 0.25) is 5.91 Å². The molecule has 0 bridgehead atoms. The predicted molar refractivity (Wildman–Crippen MR) is 179 cm³/mol. The van der Waals surface area contributed by atoms with Gasteiger partial charge in [-0.1, -0.05) is 18.2 Å². The highest BCUT2D eigenvalue weighted by Gasteiger charge is 2.14. The van der Waals surface area contributed by atoms with E-state index in [1.165, 1.54) is 5.56 Å². The van der Waals surface area contributed by atoms with E-state index in [0.717, 1.165) is 52.7 Å². The van der Waals surface area contributed by atoms with Crippen molar-refractivity contribution in [3.05, 3.63) is 100 Å². The fourth-order valence-corrected chi connectivity index (χ4v) is 5.62. The molecule has 0 saturated heterocycles. The molecule has 8 nitrogen and oxygen atoms in total. The van der Waals surface area contributed by atoms with Crippen LogP contribution in [0.25, 0.3) is 21.8 Å². The van der Waals surface area contributed by atoms with E-state index in [9.17, 15) is 9.59 Å². The minimum atomic E-state index is -0.164. The SMILES string of the molecule is COc1ccc(CCN(C)CCOc2ccc(NC(=O)Cc3cc(SC)cc4c(=O)c5ccccc5[nH]c34)cc2)cc1OC. The number of ether oxygens (including phenoxy) is 3. The number of fused-ring (bicyclic) bond motifs is 2. The highest BCUT2D eigenvalue weighted by Crippen LogP contribution is 2.28. The number of aromatic amines is 1. The van der Waals surface area contributed by atoms with E-state index in [4.69, 9.17) is 14.2 Å². The van der Waals surface area contributed by atoms with Crippen molar-refractivity contribution in [1.82, 2.24) is 9.88 Å². The summed E-state index contributed by atoms with van der Waals surface area (Å²) in [5.41, 5.74) is 4.05. The normalized spacial score (nSPS) is 11.2. The average Bonchev–Trinajstić information content (AvgIpc) is 3.04. The van der Waals surface area contributed by atoms with Crippen molar-refractivity contribution in [3.63, 3.8) is 0 Å². The molecule has 5 aromatic rings. The third kappa shape index (κ3) is 7.35. The molecular formula is C35H37N3O5S. The Labute approximate surface area is 261 Å². The molecular weight excluding hydrogens is 574 g/mol. The average molecular weight is 612 g/mol. The topological polar surface area (TPSA) is 92.9 Å². The number of rotatable bonds is 13. The number of thioether (sulfide) groups is 1. The van der Waals surface area contributed by atoms with Crippen molar-refractivity contribution in [1.29, 1.82) is 0 Å². The number of methoxy groups -OCH3 is 2. The molecule has 1 aromatic heterocycles. The number of aromatic nitrogens is 1. The third-order valence-electron chi connectivity index (χ3n) is 7.57. The van der Waals surface area contributed by atoms with Crippen molar-refractivity contribution in [3.8, 4) is 17.2 Å². The number of likely N-dealkylation sites (N-methyl/N-ethyl adjacent to an activating group) is 1. The molecule has 9 heteroatoms. The summed E-state index contributed by atoms with van der Waals surface area (Å²) in [5.74, 6) is 2.03. The van der Waals surface area contributed by atoms with E-state index in [2.05, 4.69) is 28.3 Å². The van der Waals surface area contributed by atoms with Gasteiger partial charge in [0.25, 0.3) is 0 Å². The molecule has 1 amide bonds. The summed E-state index contributed by atoms with van der Waals surface area (Å²) >= 11 is 1.55. The Balaban J connectivity index is 1.14. The number of nitrogens with one attached hydrogen (secondary N) is 2. The summed E-state index contributed by atoms with van der Waals surface area (Å²) in [7, 11) is 5.35. The Kier molecular flexibility index (Phi) is 10.1. The van der Waals surface area contributed by atoms with Crippen LogP contribution in [0.4, 0.5) is 5.69 Å². The quantitative estimate of drug-likeness (QED) is 0.122. The molecule has 0 aliphatic heterocycles. The van der Waals surface area contributed by atoms with Gasteiger partial charge in [-0.25, -0.2) is 0 Å². The predicted octanol–water partition coefficient (Wildman–Crippen LogP) is 6.15. The van der Waals surface area contributed by atoms with E-state index in [0.29, 0.717) is 28.6 Å². The lowest BCUT2D eigenvalue weighted by Gasteiger charge is -2.17. The molecule has 0 aliphatic carbocycles. The number of amides is 1. The number of hydrogen-bond acceptors (Lipinski definition) is 7. The number of para-hydroxylation sites is 1. The second-order valence-corrected chi connectivity index (χ2v) is 11.4. The lowest BCUT2D eigenvalue weighted by molar-refractivity contribution is -0.115. The molecule has 0 fully saturated rings. The van der Waals surface area contributed by atoms with Crippen molar-refractivity contribution in [2.45, 2.75) is 17.7 Å². The molecule has 228 valence electrons. The molecule has 44 heavy (non-hydrogen) atoms. The number of carbonyl (C=O) groups is 1. The first-order valence-electron chi connectivity index (χ1n) is 14.4. The van der Waals surface area contributed by atoms with Gasteiger partial charge in [-0.3, -0.25) is 9.59 Å². The number of carbonyl (C=O) groups excluding carboxylic acids is 1. The van der Waals surface area contributed by atoms with Crippen LogP contribution in [0.5, 0.6) is 17.2 Å². The minimum Gasteiger partial charge on any atom is -0.493 e. The molecule has 0 radical (unpaired) electrons. The summed E-state index contributed by atoms with van der Waals surface area (Å²) in [6.45, 7) is 2.19. The van der Waals surface area contributed by atoms with Crippen LogP contribution in [0, 0.1) is 0 Å². The van der Waals surface area contributed by atoms with Gasteiger partial charge in [-0.15, -0.1) is 11.8 Å². The van der Waals surface area contributed by atoms with Gasteiger partial charge in [0, 0.05) is 40.0 Å². The number of benzene rings is 4. The third-order valence-corrected chi connectivity index (χ3v) is 8.27. The van der Waals surface area contributed by atoms with E-state index >= 15 is 0 Å². The van der Waals surface area contributed by atoms with E-state index in [1.807, 2.05) is 79.1 Å². The van der Waals surface area contributed by atoms with Gasteiger partial charge >= 0.3 is 0 Å². The smallest absolute Gasteiger partial charge is 0.228 e. The van der Waals surface area contributed by atoms with Gasteiger partial charge in [-0.2, -0.15) is 0 Å². The van der Waals surface area contributed by atoms with Crippen LogP contribution in [-0.2, 0) is 17.6 Å². The number of hydrogen-bond donors (Lipinski definition) is 2. The van der Waals surface area contributed by atoms with Gasteiger partial charge < -0.3 is 29.4 Å². The van der Waals surface area contributed by atoms with E-state index in [1.54, 1.807) is 26.0 Å². The summed E-state index contributed by atoms with van der Waals surface area (Å²) in [6, 6.07) is 24.7. The van der Waals surface area contributed by atoms with E-state index in [-0.39, 0.29) is 17.8 Å². The molecule has 2 N–H and O–H groups in total. The summed E-state index contributed by atoms with van der Waals surface area (Å²) in [4.78, 5) is 32.8. The lowest BCUT2D eigenvalue weighted by Crippen LogP contribution is -2.26. The van der Waals surface area contributed by atoms with Gasteiger partial charge in [0.05, 0.1) is 26.2 Å². The Hall–Kier alpha value is -4.47. The fraction of sp³-hybridized carbons (Fsp3) is 0.257. The van der Waals surface area contributed by atoms with E-state index < -0.39 is 0 Å². The molecule has 1 heterocycles. The van der Waals surface area contributed by atoms with Crippen LogP contribution in [0.1, 0.15) is 11.1 Å². The molecule has 0 unspecified atom stereocenters. The highest BCUT2D eigenvalue weighted by atomic mass is 32.2. The van der Waals surface area contributed by atoms with Gasteiger partial charge in [0.1, 0.15) is 12.4 Å². The molecule has 0 spiro atoms. The maximum absolute atomic E-state index is 13.2. The molecule has 0 saturated carbocycles. The maximum Gasteiger partial charge on any atom is 0.228 e. The summed E-state index contributed by atoms with van der Waals surface area (Å²) in [5, 5.41) is 4.20. The lowest BCUT2D eigenvalue weighted by atomic mass is 10.0. The Bertz CT molecular complexity index is 1820. The number of nitrogens with zero attached hydrogens (tertiary/aromatic N) is 1. The fourth-order valence-electron chi connectivity index (χ4n) is 5.13. The Morgan fingerprint density at radius 3 is 2.43 bits per heavy atom. The van der Waals surface area contributed by atoms with Crippen molar-refractivity contribution in [2.75, 3.05) is 52.5 Å². The van der Waals surface area contributed by atoms with Gasteiger partial charge in [-0.05, 0) is 91.5 Å². The van der Waals surface area contributed by atoms with Crippen LogP contribution >= 0.6 is 11.8 Å². The molecule has 4 aromatic carbocycles. The zero-order chi connectivity index (χ0) is 31.1. The number of pyridine rings is 1. The van der Waals surface area contributed by atoms with Crippen LogP contribution in [0.2, 0.25) is 0 Å². The monoisotopic (exact) mass is 611 g/mol. The Morgan fingerprint density at radius 1 is 0.909 bits per heavy atom. The first-order valence-corrected chi connectivity index (χ1v) is 15.6. The first-order chi connectivity index (χ1) is 21.4. The number of anilines is 1. The number of H-pyrrole nitrogens is 1. The second kappa shape index (κ2) is 14.3. The van der Waals surface area contributed by atoms with Crippen LogP contribution in [-0.4, -0.2) is 63.0 Å². The summed E-state index contributed by atoms with van der Waals surface area (Å²) in [6.07, 6.45) is 2.98. The summed E-state index contributed by atoms with van der Waals surface area (Å²) < 4.78 is 16.7. The first kappa shape index (κ1) is 31.0. The molecule has 0 aliphatic rings.